The summed E-state index contributed by atoms with van der Waals surface area (Å²) in [7, 11) is -0.599. The number of sulfone groups is 1. The van der Waals surface area contributed by atoms with E-state index in [-0.39, 0.29) is 34.9 Å². The zero-order chi connectivity index (χ0) is 25.5. The third kappa shape index (κ3) is 4.67. The van der Waals surface area contributed by atoms with E-state index < -0.39 is 33.3 Å². The molecule has 0 amide bonds. The summed E-state index contributed by atoms with van der Waals surface area (Å²) in [5.41, 5.74) is 0.134. The topological polar surface area (TPSA) is 106 Å². The predicted molar refractivity (Wildman–Crippen MR) is 127 cm³/mol. The quantitative estimate of drug-likeness (QED) is 0.494. The Labute approximate surface area is 199 Å². The Kier molecular flexibility index (Phi) is 6.45. The molecule has 12 heteroatoms. The van der Waals surface area contributed by atoms with E-state index in [1.165, 1.54) is 36.2 Å². The number of halogens is 3. The van der Waals surface area contributed by atoms with Crippen molar-refractivity contribution < 1.29 is 21.6 Å². The Bertz CT molecular complexity index is 1500. The Morgan fingerprint density at radius 2 is 1.97 bits per heavy atom. The molecule has 186 valence electrons. The summed E-state index contributed by atoms with van der Waals surface area (Å²) in [6.45, 7) is 1.60. The number of nitrogens with zero attached hydrogens (tertiary/aromatic N) is 3. The monoisotopic (exact) mass is 507 g/mol. The molecule has 0 spiro atoms. The number of alkyl halides is 2. The molecule has 0 saturated heterocycles. The number of rotatable bonds is 6. The molecule has 0 saturated carbocycles. The summed E-state index contributed by atoms with van der Waals surface area (Å²) in [6, 6.07) is 1.04. The zero-order valence-corrected chi connectivity index (χ0v) is 20.1. The van der Waals surface area contributed by atoms with Gasteiger partial charge in [-0.25, -0.2) is 22.8 Å². The first-order valence-electron chi connectivity index (χ1n) is 10.8. The maximum Gasteiger partial charge on any atom is 0.331 e. The second kappa shape index (κ2) is 9.08. The molecule has 1 aliphatic rings. The number of hydrogen-bond acceptors (Lipinski definition) is 7. The highest BCUT2D eigenvalue weighted by atomic mass is 32.2. The lowest BCUT2D eigenvalue weighted by Crippen LogP contribution is -2.31. The first-order valence-corrected chi connectivity index (χ1v) is 12.6. The maximum atomic E-state index is 15.0. The third-order valence-electron chi connectivity index (χ3n) is 6.12. The van der Waals surface area contributed by atoms with Crippen LogP contribution in [0.15, 0.2) is 41.5 Å². The summed E-state index contributed by atoms with van der Waals surface area (Å²) >= 11 is 0. The van der Waals surface area contributed by atoms with E-state index in [0.29, 0.717) is 22.2 Å². The van der Waals surface area contributed by atoms with Crippen molar-refractivity contribution in [2.75, 3.05) is 23.9 Å². The molecule has 8 nitrogen and oxygen atoms in total. The van der Waals surface area contributed by atoms with Crippen LogP contribution in [0.25, 0.3) is 16.6 Å². The van der Waals surface area contributed by atoms with Crippen LogP contribution in [0.3, 0.4) is 0 Å². The highest BCUT2D eigenvalue weighted by molar-refractivity contribution is 7.91. The maximum absolute atomic E-state index is 15.0. The van der Waals surface area contributed by atoms with E-state index in [1.807, 2.05) is 0 Å². The van der Waals surface area contributed by atoms with Gasteiger partial charge < -0.3 is 5.32 Å². The summed E-state index contributed by atoms with van der Waals surface area (Å²) in [6.07, 6.45) is 2.97. The van der Waals surface area contributed by atoms with Gasteiger partial charge in [0.05, 0.1) is 28.5 Å². The second-order valence-electron chi connectivity index (χ2n) is 8.37. The average molecular weight is 508 g/mol. The van der Waals surface area contributed by atoms with Gasteiger partial charge in [0.25, 0.3) is 5.56 Å². The molecule has 0 radical (unpaired) electrons. The normalized spacial score (nSPS) is 16.7. The number of allylic oxidation sites excluding steroid dienone is 1. The fourth-order valence-corrected chi connectivity index (χ4v) is 5.23. The number of fused-ring (bicyclic) bond motifs is 1. The second-order valence-corrected chi connectivity index (χ2v) is 10.6. The number of aromatic nitrogens is 3. The fourth-order valence-electron chi connectivity index (χ4n) is 4.08. The number of anilines is 1. The molecular formula is C23H24F3N5O3S. The minimum Gasteiger partial charge on any atom is -0.363 e. The highest BCUT2D eigenvalue weighted by Gasteiger charge is 2.34. The molecule has 1 aromatic carbocycles. The van der Waals surface area contributed by atoms with Crippen LogP contribution in [-0.2, 0) is 22.9 Å². The van der Waals surface area contributed by atoms with Crippen LogP contribution in [-0.4, -0.2) is 41.5 Å². The van der Waals surface area contributed by atoms with Crippen molar-refractivity contribution in [2.45, 2.75) is 25.4 Å². The van der Waals surface area contributed by atoms with Gasteiger partial charge in [0.15, 0.2) is 9.84 Å². The molecule has 3 aromatic rings. The van der Waals surface area contributed by atoms with Crippen LogP contribution in [0.1, 0.15) is 36.1 Å². The molecule has 2 N–H and O–H groups in total. The van der Waals surface area contributed by atoms with Crippen LogP contribution < -0.4 is 16.2 Å². The lowest BCUT2D eigenvalue weighted by Gasteiger charge is -2.22. The standard InChI is InChI=1S/C23H24F3N5O3S/c1-13(15-5-4-6-18(19(15)24)23(25,26)27-2)30-20-17-11-16(14-7-9-35(33,34)10-8-14)22(32)31(3)21(17)29-12-28-20/h4-7,11-13,27H,8-10H2,1-3H3,(H,28,29,30)/t13-/m0/s1. The minimum atomic E-state index is -3.55. The number of aryl methyl sites for hydroxylation is 1. The van der Waals surface area contributed by atoms with Gasteiger partial charge in [-0.05, 0) is 38.1 Å². The highest BCUT2D eigenvalue weighted by Crippen LogP contribution is 2.32. The molecule has 0 aliphatic carbocycles. The average Bonchev–Trinajstić information content (AvgIpc) is 2.82. The number of nitrogens with one attached hydrogen (secondary N) is 2. The first-order chi connectivity index (χ1) is 16.4. The molecule has 35 heavy (non-hydrogen) atoms. The molecule has 0 unspecified atom stereocenters. The van der Waals surface area contributed by atoms with E-state index in [4.69, 9.17) is 0 Å². The van der Waals surface area contributed by atoms with E-state index in [1.54, 1.807) is 18.3 Å². The molecule has 0 bridgehead atoms. The molecule has 1 atom stereocenters. The number of pyridine rings is 1. The van der Waals surface area contributed by atoms with Crippen LogP contribution >= 0.6 is 0 Å². The lowest BCUT2D eigenvalue weighted by molar-refractivity contribution is -0.0369. The summed E-state index contributed by atoms with van der Waals surface area (Å²) in [5, 5.41) is 5.29. The van der Waals surface area contributed by atoms with Gasteiger partial charge in [0.2, 0.25) is 0 Å². The summed E-state index contributed by atoms with van der Waals surface area (Å²) in [4.78, 5) is 21.4. The van der Waals surface area contributed by atoms with Crippen molar-refractivity contribution in [3.63, 3.8) is 0 Å². The third-order valence-corrected chi connectivity index (χ3v) is 7.62. The van der Waals surface area contributed by atoms with Crippen LogP contribution in [0.5, 0.6) is 0 Å². The van der Waals surface area contributed by atoms with Crippen molar-refractivity contribution in [3.8, 4) is 0 Å². The summed E-state index contributed by atoms with van der Waals surface area (Å²) in [5.74, 6) is -0.982. The van der Waals surface area contributed by atoms with E-state index in [0.717, 1.165) is 13.1 Å². The van der Waals surface area contributed by atoms with Gasteiger partial charge in [-0.2, -0.15) is 8.78 Å². The lowest BCUT2D eigenvalue weighted by atomic mass is 10.0. The van der Waals surface area contributed by atoms with Gasteiger partial charge in [-0.1, -0.05) is 18.2 Å². The van der Waals surface area contributed by atoms with Gasteiger partial charge >= 0.3 is 6.05 Å². The number of hydrogen-bond donors (Lipinski definition) is 2. The van der Waals surface area contributed by atoms with Crippen molar-refractivity contribution >= 4 is 32.3 Å². The van der Waals surface area contributed by atoms with E-state index >= 15 is 4.39 Å². The van der Waals surface area contributed by atoms with Gasteiger partial charge in [0, 0.05) is 18.2 Å². The number of benzene rings is 1. The Hall–Kier alpha value is -3.25. The molecule has 4 rings (SSSR count). The minimum absolute atomic E-state index is 0.00873. The smallest absolute Gasteiger partial charge is 0.331 e. The van der Waals surface area contributed by atoms with E-state index in [9.17, 15) is 22.0 Å². The Morgan fingerprint density at radius 3 is 2.63 bits per heavy atom. The predicted octanol–water partition coefficient (Wildman–Crippen LogP) is 3.11. The largest absolute Gasteiger partial charge is 0.363 e. The fraction of sp³-hybridized carbons (Fsp3) is 0.348. The Balaban J connectivity index is 1.77. The molecule has 2 aromatic heterocycles. The van der Waals surface area contributed by atoms with Gasteiger partial charge in [-0.3, -0.25) is 14.7 Å². The van der Waals surface area contributed by atoms with Gasteiger partial charge in [-0.15, -0.1) is 0 Å². The SMILES string of the molecule is CNC(F)(F)c1cccc([C@H](C)Nc2ncnc3c2cc(C2=CCS(=O)(=O)CC2)c(=O)n3C)c1F. The van der Waals surface area contributed by atoms with Crippen LogP contribution in [0, 0.1) is 5.82 Å². The van der Waals surface area contributed by atoms with Crippen molar-refractivity contribution in [2.24, 2.45) is 7.05 Å². The van der Waals surface area contributed by atoms with Crippen LogP contribution in [0.2, 0.25) is 0 Å². The van der Waals surface area contributed by atoms with Crippen molar-refractivity contribution in [3.05, 3.63) is 69.5 Å². The first kappa shape index (κ1) is 24.9. The van der Waals surface area contributed by atoms with Crippen molar-refractivity contribution in [1.82, 2.24) is 19.9 Å². The zero-order valence-electron chi connectivity index (χ0n) is 19.3. The Morgan fingerprint density at radius 1 is 1.23 bits per heavy atom. The van der Waals surface area contributed by atoms with Gasteiger partial charge in [0.1, 0.15) is 23.6 Å². The summed E-state index contributed by atoms with van der Waals surface area (Å²) < 4.78 is 68.2. The van der Waals surface area contributed by atoms with E-state index in [2.05, 4.69) is 15.3 Å². The molecular weight excluding hydrogens is 483 g/mol. The molecule has 3 heterocycles. The van der Waals surface area contributed by atoms with Crippen LogP contribution in [0.4, 0.5) is 19.0 Å². The molecule has 0 fully saturated rings. The van der Waals surface area contributed by atoms with Crippen molar-refractivity contribution in [1.29, 1.82) is 0 Å². The molecule has 1 aliphatic heterocycles.